The van der Waals surface area contributed by atoms with Crippen LogP contribution in [0.2, 0.25) is 0 Å². The second-order valence-corrected chi connectivity index (χ2v) is 2.88. The summed E-state index contributed by atoms with van der Waals surface area (Å²) in [5.74, 6) is 0. The fraction of sp³-hybridized carbons (Fsp3) is 0.167. The van der Waals surface area contributed by atoms with Crippen LogP contribution in [-0.2, 0) is 0 Å². The Morgan fingerprint density at radius 2 is 2.00 bits per heavy atom. The Bertz CT molecular complexity index is 306. The lowest BCUT2D eigenvalue weighted by Gasteiger charge is -2.02. The maximum Gasteiger partial charge on any atom is -0.0225 e. The van der Waals surface area contributed by atoms with E-state index in [-0.39, 0.29) is 0 Å². The maximum atomic E-state index is 3.64. The van der Waals surface area contributed by atoms with Crippen LogP contribution in [0.1, 0.15) is 16.7 Å². The Balaban J connectivity index is 3.07. The first-order valence-electron chi connectivity index (χ1n) is 4.11. The molecule has 0 fully saturated rings. The molecular formula is C12H14. The lowest BCUT2D eigenvalue weighted by Crippen LogP contribution is -1.83. The summed E-state index contributed by atoms with van der Waals surface area (Å²) in [6, 6.07) is 6.31. The lowest BCUT2D eigenvalue weighted by atomic mass is 10.0. The van der Waals surface area contributed by atoms with Crippen LogP contribution in [0.5, 0.6) is 0 Å². The number of hydrogen-bond donors (Lipinski definition) is 0. The van der Waals surface area contributed by atoms with Gasteiger partial charge in [-0.15, -0.1) is 0 Å². The summed E-state index contributed by atoms with van der Waals surface area (Å²) in [5, 5.41) is 0. The molecule has 0 saturated carbocycles. The van der Waals surface area contributed by atoms with Crippen molar-refractivity contribution in [3.05, 3.63) is 53.6 Å². The van der Waals surface area contributed by atoms with Crippen molar-refractivity contribution in [3.63, 3.8) is 0 Å². The highest BCUT2D eigenvalue weighted by Crippen LogP contribution is 2.13. The fourth-order valence-electron chi connectivity index (χ4n) is 1.13. The van der Waals surface area contributed by atoms with Crippen molar-refractivity contribution in [1.82, 2.24) is 0 Å². The Labute approximate surface area is 74.2 Å². The SMILES string of the molecule is C=CC=Cc1cccc(C)c1C. The minimum atomic E-state index is 1.27. The number of aryl methyl sites for hydroxylation is 1. The van der Waals surface area contributed by atoms with E-state index in [2.05, 4.69) is 44.7 Å². The highest BCUT2D eigenvalue weighted by atomic mass is 14.0. The first-order chi connectivity index (χ1) is 5.75. The van der Waals surface area contributed by atoms with Gasteiger partial charge >= 0.3 is 0 Å². The molecule has 0 bridgehead atoms. The Kier molecular flexibility index (Phi) is 2.87. The van der Waals surface area contributed by atoms with Crippen molar-refractivity contribution >= 4 is 6.08 Å². The average Bonchev–Trinajstić information content (AvgIpc) is 2.08. The topological polar surface area (TPSA) is 0 Å². The molecule has 0 saturated heterocycles. The second kappa shape index (κ2) is 3.91. The summed E-state index contributed by atoms with van der Waals surface area (Å²) in [4.78, 5) is 0. The molecule has 0 aliphatic rings. The molecule has 1 rings (SSSR count). The fourth-order valence-corrected chi connectivity index (χ4v) is 1.13. The van der Waals surface area contributed by atoms with E-state index in [1.807, 2.05) is 6.08 Å². The molecule has 0 spiro atoms. The molecule has 0 unspecified atom stereocenters. The smallest absolute Gasteiger partial charge is 0.0225 e. The number of rotatable bonds is 2. The lowest BCUT2D eigenvalue weighted by molar-refractivity contribution is 1.33. The van der Waals surface area contributed by atoms with Gasteiger partial charge in [-0.05, 0) is 30.5 Å². The number of benzene rings is 1. The van der Waals surface area contributed by atoms with Crippen LogP contribution in [0.4, 0.5) is 0 Å². The van der Waals surface area contributed by atoms with E-state index in [4.69, 9.17) is 0 Å². The predicted octanol–water partition coefficient (Wildman–Crippen LogP) is 3.50. The van der Waals surface area contributed by atoms with Crippen LogP contribution >= 0.6 is 0 Å². The van der Waals surface area contributed by atoms with Crippen molar-refractivity contribution in [3.8, 4) is 0 Å². The summed E-state index contributed by atoms with van der Waals surface area (Å²) in [5.41, 5.74) is 3.95. The molecule has 1 aromatic carbocycles. The summed E-state index contributed by atoms with van der Waals surface area (Å²) in [6.07, 6.45) is 5.83. The van der Waals surface area contributed by atoms with E-state index in [0.29, 0.717) is 0 Å². The minimum absolute atomic E-state index is 1.27. The van der Waals surface area contributed by atoms with Crippen LogP contribution in [0.3, 0.4) is 0 Å². The largest absolute Gasteiger partial charge is 0.0991 e. The summed E-state index contributed by atoms with van der Waals surface area (Å²) >= 11 is 0. The monoisotopic (exact) mass is 158 g/mol. The zero-order chi connectivity index (χ0) is 8.97. The van der Waals surface area contributed by atoms with Gasteiger partial charge in [0.1, 0.15) is 0 Å². The zero-order valence-corrected chi connectivity index (χ0v) is 7.67. The molecule has 1 aromatic rings. The zero-order valence-electron chi connectivity index (χ0n) is 7.67. The van der Waals surface area contributed by atoms with Gasteiger partial charge in [0.25, 0.3) is 0 Å². The molecular weight excluding hydrogens is 144 g/mol. The molecule has 62 valence electrons. The number of hydrogen-bond acceptors (Lipinski definition) is 0. The molecule has 0 aliphatic carbocycles. The minimum Gasteiger partial charge on any atom is -0.0991 e. The van der Waals surface area contributed by atoms with Gasteiger partial charge in [0.2, 0.25) is 0 Å². The Morgan fingerprint density at radius 3 is 2.67 bits per heavy atom. The normalized spacial score (nSPS) is 10.5. The molecule has 0 heteroatoms. The molecule has 0 aliphatic heterocycles. The van der Waals surface area contributed by atoms with Gasteiger partial charge in [-0.1, -0.05) is 43.0 Å². The standard InChI is InChI=1S/C12H14/c1-4-5-8-12-9-6-7-10(2)11(12)3/h4-9H,1H2,2-3H3. The third-order valence-corrected chi connectivity index (χ3v) is 2.06. The third-order valence-electron chi connectivity index (χ3n) is 2.06. The predicted molar refractivity (Wildman–Crippen MR) is 55.1 cm³/mol. The summed E-state index contributed by atoms with van der Waals surface area (Å²) in [6.45, 7) is 7.90. The van der Waals surface area contributed by atoms with Crippen LogP contribution in [-0.4, -0.2) is 0 Å². The number of allylic oxidation sites excluding steroid dienone is 2. The molecule has 0 nitrogen and oxygen atoms in total. The van der Waals surface area contributed by atoms with E-state index in [1.54, 1.807) is 6.08 Å². The maximum absolute atomic E-state index is 3.64. The molecule has 12 heavy (non-hydrogen) atoms. The van der Waals surface area contributed by atoms with Crippen molar-refractivity contribution in [1.29, 1.82) is 0 Å². The van der Waals surface area contributed by atoms with Gasteiger partial charge < -0.3 is 0 Å². The van der Waals surface area contributed by atoms with E-state index < -0.39 is 0 Å². The summed E-state index contributed by atoms with van der Waals surface area (Å²) < 4.78 is 0. The van der Waals surface area contributed by atoms with Gasteiger partial charge in [0, 0.05) is 0 Å². The third kappa shape index (κ3) is 1.85. The van der Waals surface area contributed by atoms with Gasteiger partial charge in [0.15, 0.2) is 0 Å². The van der Waals surface area contributed by atoms with Crippen LogP contribution < -0.4 is 0 Å². The second-order valence-electron chi connectivity index (χ2n) is 2.88. The molecule has 0 amide bonds. The summed E-state index contributed by atoms with van der Waals surface area (Å²) in [7, 11) is 0. The molecule has 0 radical (unpaired) electrons. The Hall–Kier alpha value is -1.30. The molecule has 0 heterocycles. The highest BCUT2D eigenvalue weighted by Gasteiger charge is 1.94. The van der Waals surface area contributed by atoms with Gasteiger partial charge in [-0.3, -0.25) is 0 Å². The average molecular weight is 158 g/mol. The van der Waals surface area contributed by atoms with Crippen molar-refractivity contribution in [2.75, 3.05) is 0 Å². The Morgan fingerprint density at radius 1 is 1.25 bits per heavy atom. The first-order valence-corrected chi connectivity index (χ1v) is 4.11. The first kappa shape index (κ1) is 8.79. The molecule has 0 N–H and O–H groups in total. The quantitative estimate of drug-likeness (QED) is 0.578. The van der Waals surface area contributed by atoms with Crippen molar-refractivity contribution < 1.29 is 0 Å². The van der Waals surface area contributed by atoms with Gasteiger partial charge in [0.05, 0.1) is 0 Å². The van der Waals surface area contributed by atoms with Crippen LogP contribution in [0.25, 0.3) is 6.08 Å². The molecule has 0 aromatic heterocycles. The molecule has 0 atom stereocenters. The van der Waals surface area contributed by atoms with Crippen molar-refractivity contribution in [2.24, 2.45) is 0 Å². The van der Waals surface area contributed by atoms with Crippen molar-refractivity contribution in [2.45, 2.75) is 13.8 Å². The van der Waals surface area contributed by atoms with Crippen LogP contribution in [0, 0.1) is 13.8 Å². The van der Waals surface area contributed by atoms with E-state index in [0.717, 1.165) is 0 Å². The van der Waals surface area contributed by atoms with Gasteiger partial charge in [-0.25, -0.2) is 0 Å². The van der Waals surface area contributed by atoms with Crippen LogP contribution in [0.15, 0.2) is 36.9 Å². The van der Waals surface area contributed by atoms with E-state index in [1.165, 1.54) is 16.7 Å². The van der Waals surface area contributed by atoms with Gasteiger partial charge in [-0.2, -0.15) is 0 Å². The van der Waals surface area contributed by atoms with E-state index >= 15 is 0 Å². The van der Waals surface area contributed by atoms with E-state index in [9.17, 15) is 0 Å². The highest BCUT2D eigenvalue weighted by molar-refractivity contribution is 5.56.